The van der Waals surface area contributed by atoms with Crippen LogP contribution >= 0.6 is 11.6 Å². The second-order valence-electron chi connectivity index (χ2n) is 7.58. The Morgan fingerprint density at radius 3 is 2.42 bits per heavy atom. The number of fused-ring (bicyclic) bond motifs is 1. The zero-order chi connectivity index (χ0) is 23.2. The number of hydrogen-bond acceptors (Lipinski definition) is 5. The molecule has 0 saturated heterocycles. The number of nitrogens with one attached hydrogen (secondary N) is 2. The number of rotatable bonds is 8. The van der Waals surface area contributed by atoms with E-state index in [-0.39, 0.29) is 18.9 Å². The smallest absolute Gasteiger partial charge is 0.319 e. The van der Waals surface area contributed by atoms with Crippen LogP contribution in [0.15, 0.2) is 60.7 Å². The van der Waals surface area contributed by atoms with E-state index in [1.807, 2.05) is 42.5 Å². The number of benzene rings is 3. The zero-order valence-electron chi connectivity index (χ0n) is 18.4. The van der Waals surface area contributed by atoms with Gasteiger partial charge in [-0.2, -0.15) is 0 Å². The van der Waals surface area contributed by atoms with Crippen molar-refractivity contribution in [1.82, 2.24) is 5.32 Å². The Bertz CT molecular complexity index is 1120. The van der Waals surface area contributed by atoms with Gasteiger partial charge in [0.15, 0.2) is 11.5 Å². The van der Waals surface area contributed by atoms with Gasteiger partial charge in [0.25, 0.3) is 0 Å². The molecule has 0 spiro atoms. The molecule has 1 aliphatic rings. The average Bonchev–Trinajstić information content (AvgIpc) is 3.27. The van der Waals surface area contributed by atoms with Crippen molar-refractivity contribution in [3.63, 3.8) is 0 Å². The van der Waals surface area contributed by atoms with Gasteiger partial charge in [-0.3, -0.25) is 0 Å². The number of urea groups is 1. The van der Waals surface area contributed by atoms with Crippen molar-refractivity contribution < 1.29 is 23.7 Å². The molecule has 4 rings (SSSR count). The predicted molar refractivity (Wildman–Crippen MR) is 127 cm³/mol. The number of carbonyl (C=O) groups excluding carboxylic acids is 1. The molecule has 2 N–H and O–H groups in total. The highest BCUT2D eigenvalue weighted by Crippen LogP contribution is 2.33. The molecule has 1 atom stereocenters. The quantitative estimate of drug-likeness (QED) is 0.483. The molecule has 7 nitrogen and oxygen atoms in total. The minimum Gasteiger partial charge on any atom is -0.497 e. The van der Waals surface area contributed by atoms with Crippen LogP contribution in [0.5, 0.6) is 23.0 Å². The highest BCUT2D eigenvalue weighted by molar-refractivity contribution is 6.31. The Labute approximate surface area is 197 Å². The van der Waals surface area contributed by atoms with Gasteiger partial charge >= 0.3 is 6.03 Å². The van der Waals surface area contributed by atoms with Crippen LogP contribution in [0.1, 0.15) is 11.1 Å². The minimum absolute atomic E-state index is 0.191. The van der Waals surface area contributed by atoms with Crippen LogP contribution in [-0.2, 0) is 12.8 Å². The summed E-state index contributed by atoms with van der Waals surface area (Å²) >= 11 is 6.09. The SMILES string of the molecule is COc1ccc(C[C@@H](Cc2ccc3c(c2)OCO3)NC(=O)Nc2cc(Cl)ccc2OC)cc1. The van der Waals surface area contributed by atoms with Crippen molar-refractivity contribution in [3.8, 4) is 23.0 Å². The Morgan fingerprint density at radius 1 is 0.939 bits per heavy atom. The molecule has 0 bridgehead atoms. The Morgan fingerprint density at radius 2 is 1.67 bits per heavy atom. The highest BCUT2D eigenvalue weighted by Gasteiger charge is 2.19. The molecule has 0 radical (unpaired) electrons. The van der Waals surface area contributed by atoms with Gasteiger partial charge in [0.05, 0.1) is 19.9 Å². The summed E-state index contributed by atoms with van der Waals surface area (Å²) in [4.78, 5) is 12.9. The van der Waals surface area contributed by atoms with E-state index in [0.717, 1.165) is 22.6 Å². The average molecular weight is 469 g/mol. The minimum atomic E-state index is -0.352. The lowest BCUT2D eigenvalue weighted by atomic mass is 9.98. The molecule has 0 unspecified atom stereocenters. The van der Waals surface area contributed by atoms with Crippen molar-refractivity contribution in [2.24, 2.45) is 0 Å². The molecule has 8 heteroatoms. The second kappa shape index (κ2) is 10.4. The number of hydrogen-bond donors (Lipinski definition) is 2. The van der Waals surface area contributed by atoms with Gasteiger partial charge < -0.3 is 29.6 Å². The van der Waals surface area contributed by atoms with Crippen molar-refractivity contribution in [2.45, 2.75) is 18.9 Å². The fraction of sp³-hybridized carbons (Fsp3) is 0.240. The first kappa shape index (κ1) is 22.6. The van der Waals surface area contributed by atoms with Gasteiger partial charge in [-0.1, -0.05) is 29.8 Å². The molecule has 0 saturated carbocycles. The van der Waals surface area contributed by atoms with E-state index in [9.17, 15) is 4.79 Å². The topological polar surface area (TPSA) is 78.0 Å². The lowest BCUT2D eigenvalue weighted by Crippen LogP contribution is -2.40. The van der Waals surface area contributed by atoms with E-state index in [0.29, 0.717) is 35.1 Å². The number of ether oxygens (including phenoxy) is 4. The fourth-order valence-electron chi connectivity index (χ4n) is 3.69. The number of anilines is 1. The zero-order valence-corrected chi connectivity index (χ0v) is 19.1. The summed E-state index contributed by atoms with van der Waals surface area (Å²) in [6.07, 6.45) is 1.22. The third kappa shape index (κ3) is 5.81. The van der Waals surface area contributed by atoms with Crippen LogP contribution in [0.25, 0.3) is 0 Å². The van der Waals surface area contributed by atoms with Crippen molar-refractivity contribution >= 4 is 23.3 Å². The van der Waals surface area contributed by atoms with Crippen LogP contribution < -0.4 is 29.6 Å². The number of amides is 2. The summed E-state index contributed by atoms with van der Waals surface area (Å²) in [6.45, 7) is 0.218. The summed E-state index contributed by atoms with van der Waals surface area (Å²) in [5, 5.41) is 6.42. The summed E-state index contributed by atoms with van der Waals surface area (Å²) < 4.78 is 21.5. The van der Waals surface area contributed by atoms with Crippen LogP contribution in [-0.4, -0.2) is 33.1 Å². The monoisotopic (exact) mass is 468 g/mol. The van der Waals surface area contributed by atoms with E-state index in [1.54, 1.807) is 32.4 Å². The first-order valence-electron chi connectivity index (χ1n) is 10.5. The largest absolute Gasteiger partial charge is 0.497 e. The van der Waals surface area contributed by atoms with E-state index < -0.39 is 0 Å². The number of halogens is 1. The first-order chi connectivity index (χ1) is 16.0. The molecule has 1 heterocycles. The summed E-state index contributed by atoms with van der Waals surface area (Å²) in [5.41, 5.74) is 2.59. The van der Waals surface area contributed by atoms with Crippen LogP contribution in [0.4, 0.5) is 10.5 Å². The number of methoxy groups -OCH3 is 2. The molecule has 0 aromatic heterocycles. The molecule has 3 aromatic rings. The highest BCUT2D eigenvalue weighted by atomic mass is 35.5. The van der Waals surface area contributed by atoms with Gasteiger partial charge in [-0.25, -0.2) is 4.79 Å². The van der Waals surface area contributed by atoms with Gasteiger partial charge in [0.2, 0.25) is 6.79 Å². The number of carbonyl (C=O) groups is 1. The molecule has 172 valence electrons. The third-order valence-corrected chi connectivity index (χ3v) is 5.54. The molecule has 0 fully saturated rings. The van der Waals surface area contributed by atoms with E-state index in [1.165, 1.54) is 0 Å². The molecule has 1 aliphatic heterocycles. The first-order valence-corrected chi connectivity index (χ1v) is 10.8. The molecule has 2 amide bonds. The van der Waals surface area contributed by atoms with E-state index >= 15 is 0 Å². The second-order valence-corrected chi connectivity index (χ2v) is 8.02. The van der Waals surface area contributed by atoms with E-state index in [4.69, 9.17) is 30.5 Å². The van der Waals surface area contributed by atoms with Gasteiger partial charge in [-0.05, 0) is 66.4 Å². The molecule has 3 aromatic carbocycles. The molecular formula is C25H25ClN2O5. The van der Waals surface area contributed by atoms with Crippen LogP contribution in [0.3, 0.4) is 0 Å². The maximum Gasteiger partial charge on any atom is 0.319 e. The Balaban J connectivity index is 1.51. The fourth-order valence-corrected chi connectivity index (χ4v) is 3.87. The van der Waals surface area contributed by atoms with Gasteiger partial charge in [-0.15, -0.1) is 0 Å². The molecule has 33 heavy (non-hydrogen) atoms. The van der Waals surface area contributed by atoms with E-state index in [2.05, 4.69) is 10.6 Å². The summed E-state index contributed by atoms with van der Waals surface area (Å²) in [6, 6.07) is 18.1. The van der Waals surface area contributed by atoms with Gasteiger partial charge in [0, 0.05) is 11.1 Å². The summed E-state index contributed by atoms with van der Waals surface area (Å²) in [7, 11) is 3.17. The van der Waals surface area contributed by atoms with Crippen molar-refractivity contribution in [3.05, 3.63) is 76.8 Å². The Kier molecular flexibility index (Phi) is 7.10. The standard InChI is InChI=1S/C25H25ClN2O5/c1-30-20-7-3-16(4-8-20)11-19(12-17-5-9-23-24(13-17)33-15-32-23)27-25(29)28-21-14-18(26)6-10-22(21)31-2/h3-10,13-14,19H,11-12,15H2,1-2H3,(H2,27,28,29)/t19-/m0/s1. The lowest BCUT2D eigenvalue weighted by Gasteiger charge is -2.20. The maximum atomic E-state index is 12.9. The van der Waals surface area contributed by atoms with Crippen LogP contribution in [0, 0.1) is 0 Å². The van der Waals surface area contributed by atoms with Crippen molar-refractivity contribution in [1.29, 1.82) is 0 Å². The lowest BCUT2D eigenvalue weighted by molar-refractivity contribution is 0.174. The molecular weight excluding hydrogens is 444 g/mol. The Hall–Kier alpha value is -3.58. The maximum absolute atomic E-state index is 12.9. The third-order valence-electron chi connectivity index (χ3n) is 5.31. The van der Waals surface area contributed by atoms with Crippen molar-refractivity contribution in [2.75, 3.05) is 26.3 Å². The van der Waals surface area contributed by atoms with Gasteiger partial charge in [0.1, 0.15) is 11.5 Å². The summed E-state index contributed by atoms with van der Waals surface area (Å²) in [5.74, 6) is 2.75. The van der Waals surface area contributed by atoms with Crippen LogP contribution in [0.2, 0.25) is 5.02 Å². The predicted octanol–water partition coefficient (Wildman–Crippen LogP) is 5.06. The molecule has 0 aliphatic carbocycles. The normalized spacial score (nSPS) is 12.7.